The lowest BCUT2D eigenvalue weighted by Crippen LogP contribution is -1.95. The summed E-state index contributed by atoms with van der Waals surface area (Å²) in [5, 5.41) is 20.2. The molecule has 6 heteroatoms. The second-order valence-corrected chi connectivity index (χ2v) is 4.18. The van der Waals surface area contributed by atoms with Crippen molar-refractivity contribution in [3.8, 4) is 11.8 Å². The molecule has 1 aromatic rings. The third kappa shape index (κ3) is 3.46. The minimum Gasteiger partial charge on any atom is -0.490 e. The molecule has 0 bridgehead atoms. The normalized spacial score (nSPS) is 11.5. The number of methoxy groups -OCH3 is 1. The minimum atomic E-state index is -0.543. The zero-order valence-electron chi connectivity index (χ0n) is 10.6. The first-order valence-corrected chi connectivity index (χ1v) is 6.04. The van der Waals surface area contributed by atoms with Gasteiger partial charge in [0.2, 0.25) is 0 Å². The molecule has 0 amide bonds. The topological polar surface area (TPSA) is 76.2 Å². The molecule has 0 radical (unpaired) electrons. The highest BCUT2D eigenvalue weighted by Crippen LogP contribution is 2.33. The van der Waals surface area contributed by atoms with Crippen LogP contribution in [0.5, 0.6) is 5.75 Å². The van der Waals surface area contributed by atoms with Gasteiger partial charge in [0.05, 0.1) is 23.1 Å². The van der Waals surface area contributed by atoms with Crippen molar-refractivity contribution in [3.63, 3.8) is 0 Å². The van der Waals surface area contributed by atoms with Crippen molar-refractivity contribution in [1.82, 2.24) is 0 Å². The second kappa shape index (κ2) is 6.76. The number of allylic oxidation sites excluding steroid dienone is 1. The highest BCUT2D eigenvalue weighted by atomic mass is 35.5. The predicted octanol–water partition coefficient (Wildman–Crippen LogP) is 3.88. The number of nitrogens with zero attached hydrogens (tertiary/aromatic N) is 2. The van der Waals surface area contributed by atoms with Gasteiger partial charge in [-0.15, -0.1) is 0 Å². The van der Waals surface area contributed by atoms with E-state index in [0.29, 0.717) is 17.6 Å². The highest BCUT2D eigenvalue weighted by molar-refractivity contribution is 6.49. The van der Waals surface area contributed by atoms with Crippen LogP contribution in [0.25, 0.3) is 5.03 Å². The van der Waals surface area contributed by atoms with Crippen molar-refractivity contribution in [1.29, 1.82) is 5.26 Å². The fraction of sp³-hybridized carbons (Fsp3) is 0.308. The number of hydrogen-bond acceptors (Lipinski definition) is 4. The van der Waals surface area contributed by atoms with Gasteiger partial charge in [0.15, 0.2) is 5.75 Å². The van der Waals surface area contributed by atoms with Gasteiger partial charge < -0.3 is 4.74 Å². The maximum atomic E-state index is 10.9. The molecule has 0 aromatic heterocycles. The van der Waals surface area contributed by atoms with E-state index in [2.05, 4.69) is 0 Å². The predicted molar refractivity (Wildman–Crippen MR) is 72.9 cm³/mol. The summed E-state index contributed by atoms with van der Waals surface area (Å²) < 4.78 is 4.91. The number of nitro groups is 1. The molecule has 0 saturated heterocycles. The molecule has 0 unspecified atom stereocenters. The average Bonchev–Trinajstić information content (AvgIpc) is 2.43. The third-order valence-electron chi connectivity index (χ3n) is 2.53. The summed E-state index contributed by atoms with van der Waals surface area (Å²) in [6, 6.07) is 6.41. The van der Waals surface area contributed by atoms with Crippen molar-refractivity contribution in [2.45, 2.75) is 19.8 Å². The van der Waals surface area contributed by atoms with Crippen LogP contribution < -0.4 is 4.74 Å². The van der Waals surface area contributed by atoms with Crippen LogP contribution in [0.3, 0.4) is 0 Å². The Labute approximate surface area is 116 Å². The van der Waals surface area contributed by atoms with E-state index in [1.807, 2.05) is 13.0 Å². The molecule has 1 aromatic carbocycles. The van der Waals surface area contributed by atoms with Gasteiger partial charge in [0.25, 0.3) is 0 Å². The van der Waals surface area contributed by atoms with Crippen molar-refractivity contribution in [2.75, 3.05) is 7.11 Å². The highest BCUT2D eigenvalue weighted by Gasteiger charge is 2.17. The van der Waals surface area contributed by atoms with E-state index < -0.39 is 4.92 Å². The van der Waals surface area contributed by atoms with E-state index in [1.54, 1.807) is 6.07 Å². The molecule has 5 nitrogen and oxygen atoms in total. The summed E-state index contributed by atoms with van der Waals surface area (Å²) >= 11 is 6.12. The number of halogens is 1. The van der Waals surface area contributed by atoms with Crippen LogP contribution in [0, 0.1) is 21.4 Å². The van der Waals surface area contributed by atoms with E-state index in [4.69, 9.17) is 21.6 Å². The minimum absolute atomic E-state index is 0.159. The standard InChI is InChI=1S/C13H13ClN2O3/c1-3-4-10(8-15)13(14)9-5-6-12(19-2)11(7-9)16(17)18/h5-7H,3-4H2,1-2H3. The molecule has 100 valence electrons. The molecule has 0 aliphatic rings. The fourth-order valence-electron chi connectivity index (χ4n) is 1.61. The lowest BCUT2D eigenvalue weighted by molar-refractivity contribution is -0.385. The number of nitro benzene ring substituents is 1. The van der Waals surface area contributed by atoms with Crippen LogP contribution in [0.4, 0.5) is 5.69 Å². The summed E-state index contributed by atoms with van der Waals surface area (Å²) in [5.41, 5.74) is 0.690. The fourth-order valence-corrected chi connectivity index (χ4v) is 1.86. The van der Waals surface area contributed by atoms with Gasteiger partial charge in [-0.2, -0.15) is 5.26 Å². The Hall–Kier alpha value is -2.06. The molecule has 0 saturated carbocycles. The maximum Gasteiger partial charge on any atom is 0.311 e. The first kappa shape index (κ1) is 15.0. The molecule has 0 atom stereocenters. The number of rotatable bonds is 5. The van der Waals surface area contributed by atoms with Gasteiger partial charge in [-0.05, 0) is 18.6 Å². The number of ether oxygens (including phenoxy) is 1. The number of hydrogen-bond donors (Lipinski definition) is 0. The Bertz CT molecular complexity index is 561. The van der Waals surface area contributed by atoms with Crippen molar-refractivity contribution in [3.05, 3.63) is 39.4 Å². The van der Waals surface area contributed by atoms with E-state index in [0.717, 1.165) is 6.42 Å². The Morgan fingerprint density at radius 2 is 2.26 bits per heavy atom. The molecule has 0 spiro atoms. The zero-order valence-corrected chi connectivity index (χ0v) is 11.4. The summed E-state index contributed by atoms with van der Waals surface area (Å²) in [7, 11) is 1.36. The van der Waals surface area contributed by atoms with Crippen LogP contribution in [0.15, 0.2) is 23.8 Å². The average molecular weight is 281 g/mol. The summed E-state index contributed by atoms with van der Waals surface area (Å²) in [6.07, 6.45) is 1.31. The largest absolute Gasteiger partial charge is 0.490 e. The Kier molecular flexibility index (Phi) is 5.34. The first-order valence-electron chi connectivity index (χ1n) is 5.66. The molecule has 0 heterocycles. The van der Waals surface area contributed by atoms with Crippen LogP contribution in [-0.2, 0) is 0 Å². The van der Waals surface area contributed by atoms with Crippen molar-refractivity contribution in [2.24, 2.45) is 0 Å². The lowest BCUT2D eigenvalue weighted by Gasteiger charge is -2.06. The molecule has 0 aliphatic carbocycles. The molecule has 19 heavy (non-hydrogen) atoms. The SMILES string of the molecule is CCCC(C#N)=C(Cl)c1ccc(OC)c([N+](=O)[O-])c1. The quantitative estimate of drug-likeness (QED) is 0.466. The molecule has 0 fully saturated rings. The lowest BCUT2D eigenvalue weighted by atomic mass is 10.1. The molecule has 0 aliphatic heterocycles. The van der Waals surface area contributed by atoms with Gasteiger partial charge >= 0.3 is 5.69 Å². The Morgan fingerprint density at radius 3 is 2.74 bits per heavy atom. The van der Waals surface area contributed by atoms with Crippen LogP contribution >= 0.6 is 11.6 Å². The van der Waals surface area contributed by atoms with E-state index in [9.17, 15) is 10.1 Å². The van der Waals surface area contributed by atoms with Gasteiger partial charge in [0.1, 0.15) is 0 Å². The molecular formula is C13H13ClN2O3. The van der Waals surface area contributed by atoms with Gasteiger partial charge in [-0.1, -0.05) is 24.9 Å². The summed E-state index contributed by atoms with van der Waals surface area (Å²) in [4.78, 5) is 10.4. The Morgan fingerprint density at radius 1 is 1.58 bits per heavy atom. The van der Waals surface area contributed by atoms with Crippen molar-refractivity contribution < 1.29 is 9.66 Å². The van der Waals surface area contributed by atoms with E-state index in [-0.39, 0.29) is 16.5 Å². The van der Waals surface area contributed by atoms with Crippen LogP contribution in [0.1, 0.15) is 25.3 Å². The second-order valence-electron chi connectivity index (χ2n) is 3.80. The van der Waals surface area contributed by atoms with Crippen LogP contribution in [-0.4, -0.2) is 12.0 Å². The molecule has 1 rings (SSSR count). The maximum absolute atomic E-state index is 10.9. The monoisotopic (exact) mass is 280 g/mol. The number of nitriles is 1. The Balaban J connectivity index is 3.33. The third-order valence-corrected chi connectivity index (χ3v) is 2.98. The first-order chi connectivity index (χ1) is 9.04. The summed E-state index contributed by atoms with van der Waals surface area (Å²) in [6.45, 7) is 1.93. The van der Waals surface area contributed by atoms with Crippen molar-refractivity contribution >= 4 is 22.3 Å². The molecular weight excluding hydrogens is 268 g/mol. The summed E-state index contributed by atoms with van der Waals surface area (Å²) in [5.74, 6) is 0.159. The van der Waals surface area contributed by atoms with Gasteiger partial charge in [-0.3, -0.25) is 10.1 Å². The van der Waals surface area contributed by atoms with Gasteiger partial charge in [0, 0.05) is 17.2 Å². The smallest absolute Gasteiger partial charge is 0.311 e. The van der Waals surface area contributed by atoms with E-state index in [1.165, 1.54) is 19.2 Å². The van der Waals surface area contributed by atoms with Gasteiger partial charge in [-0.25, -0.2) is 0 Å². The molecule has 0 N–H and O–H groups in total. The van der Waals surface area contributed by atoms with E-state index >= 15 is 0 Å². The zero-order chi connectivity index (χ0) is 14.4. The van der Waals surface area contributed by atoms with Crippen LogP contribution in [0.2, 0.25) is 0 Å². The number of benzene rings is 1.